The van der Waals surface area contributed by atoms with Crippen LogP contribution in [0.4, 0.5) is 11.5 Å². The fourth-order valence-corrected chi connectivity index (χ4v) is 4.13. The number of carbonyl (C=O) groups excluding carboxylic acids is 1. The van der Waals surface area contributed by atoms with Crippen LogP contribution in [0.3, 0.4) is 0 Å². The molecule has 2 atom stereocenters. The van der Waals surface area contributed by atoms with Crippen LogP contribution in [-0.2, 0) is 4.74 Å². The van der Waals surface area contributed by atoms with Gasteiger partial charge in [-0.3, -0.25) is 4.79 Å². The van der Waals surface area contributed by atoms with Gasteiger partial charge < -0.3 is 30.7 Å². The summed E-state index contributed by atoms with van der Waals surface area (Å²) in [5.41, 5.74) is 6.53. The van der Waals surface area contributed by atoms with Gasteiger partial charge in [-0.2, -0.15) is 0 Å². The smallest absolute Gasteiger partial charge is 0.255 e. The maximum atomic E-state index is 12.9. The van der Waals surface area contributed by atoms with Crippen LogP contribution in [0.2, 0.25) is 10.0 Å². The van der Waals surface area contributed by atoms with Gasteiger partial charge in [0.1, 0.15) is 11.6 Å². The van der Waals surface area contributed by atoms with Crippen molar-refractivity contribution in [2.45, 2.75) is 25.0 Å². The Morgan fingerprint density at radius 2 is 2.12 bits per heavy atom. The van der Waals surface area contributed by atoms with Crippen molar-refractivity contribution >= 4 is 40.6 Å². The van der Waals surface area contributed by atoms with Crippen LogP contribution in [0, 0.1) is 0 Å². The molecule has 1 aromatic carbocycles. The molecule has 8 nitrogen and oxygen atoms in total. The minimum absolute atomic E-state index is 0.116. The van der Waals surface area contributed by atoms with Crippen molar-refractivity contribution in [2.75, 3.05) is 51.4 Å². The summed E-state index contributed by atoms with van der Waals surface area (Å²) < 4.78 is 11.0. The van der Waals surface area contributed by atoms with Crippen molar-refractivity contribution in [3.63, 3.8) is 0 Å². The van der Waals surface area contributed by atoms with E-state index in [0.717, 1.165) is 39.0 Å². The van der Waals surface area contributed by atoms with Gasteiger partial charge in [-0.15, -0.1) is 0 Å². The molecule has 174 valence electrons. The minimum atomic E-state index is -0.263. The number of halogens is 2. The van der Waals surface area contributed by atoms with E-state index >= 15 is 0 Å². The number of anilines is 2. The zero-order valence-electron chi connectivity index (χ0n) is 18.2. The third kappa shape index (κ3) is 6.16. The van der Waals surface area contributed by atoms with E-state index < -0.39 is 0 Å². The molecular weight excluding hydrogens is 453 g/mol. The van der Waals surface area contributed by atoms with Gasteiger partial charge in [-0.05, 0) is 37.6 Å². The van der Waals surface area contributed by atoms with E-state index in [1.54, 1.807) is 25.4 Å². The molecule has 10 heteroatoms. The summed E-state index contributed by atoms with van der Waals surface area (Å²) in [5.74, 6) is 0.820. The second-order valence-electron chi connectivity index (χ2n) is 7.63. The zero-order valence-corrected chi connectivity index (χ0v) is 19.7. The number of nitrogens with one attached hydrogen (secondary N) is 2. The lowest BCUT2D eigenvalue weighted by Crippen LogP contribution is -2.55. The number of benzene rings is 1. The van der Waals surface area contributed by atoms with E-state index in [0.29, 0.717) is 32.9 Å². The summed E-state index contributed by atoms with van der Waals surface area (Å²) in [6.45, 7) is 3.25. The standard InChI is InChI=1S/C22H29Cl2N5O3/c1-31-19-12-17(25)16(24)11-14(19)22(30)28-18-6-10-29(13-20(18)32-2)9-4-8-27-21-15(23)5-3-7-26-21/h3,5,7,11-12,18,20H,4,6,8-10,13,25H2,1-2H3,(H,26,27)(H,28,30)/t18-,20+/m0/s1. The van der Waals surface area contributed by atoms with Crippen molar-refractivity contribution in [3.8, 4) is 5.75 Å². The number of methoxy groups -OCH3 is 2. The lowest BCUT2D eigenvalue weighted by Gasteiger charge is -2.38. The van der Waals surface area contributed by atoms with Crippen LogP contribution >= 0.6 is 23.2 Å². The topological polar surface area (TPSA) is 102 Å². The summed E-state index contributed by atoms with van der Waals surface area (Å²) in [7, 11) is 3.16. The summed E-state index contributed by atoms with van der Waals surface area (Å²) in [4.78, 5) is 19.5. The molecule has 0 unspecified atom stereocenters. The van der Waals surface area contributed by atoms with Crippen molar-refractivity contribution < 1.29 is 14.3 Å². The van der Waals surface area contributed by atoms with E-state index in [1.807, 2.05) is 6.07 Å². The first kappa shape index (κ1) is 24.4. The average molecular weight is 482 g/mol. The highest BCUT2D eigenvalue weighted by Gasteiger charge is 2.31. The summed E-state index contributed by atoms with van der Waals surface area (Å²) >= 11 is 12.2. The molecule has 1 aromatic heterocycles. The number of hydrogen-bond acceptors (Lipinski definition) is 7. The lowest BCUT2D eigenvalue weighted by atomic mass is 10.0. The number of carbonyl (C=O) groups is 1. The van der Waals surface area contributed by atoms with E-state index in [-0.39, 0.29) is 18.1 Å². The first-order chi connectivity index (χ1) is 15.4. The Kier molecular flexibility index (Phi) is 8.81. The number of nitrogens with zero attached hydrogens (tertiary/aromatic N) is 2. The van der Waals surface area contributed by atoms with Gasteiger partial charge >= 0.3 is 0 Å². The highest BCUT2D eigenvalue weighted by molar-refractivity contribution is 6.33. The Balaban J connectivity index is 1.50. The summed E-state index contributed by atoms with van der Waals surface area (Å²) in [6.07, 6.45) is 3.29. The minimum Gasteiger partial charge on any atom is -0.496 e. The van der Waals surface area contributed by atoms with E-state index in [9.17, 15) is 4.79 Å². The number of pyridine rings is 1. The highest BCUT2D eigenvalue weighted by atomic mass is 35.5. The van der Waals surface area contributed by atoms with E-state index in [2.05, 4.69) is 20.5 Å². The molecule has 3 rings (SSSR count). The third-order valence-corrected chi connectivity index (χ3v) is 6.16. The van der Waals surface area contributed by atoms with Crippen LogP contribution < -0.4 is 21.1 Å². The normalized spacial score (nSPS) is 18.9. The van der Waals surface area contributed by atoms with Crippen molar-refractivity contribution in [3.05, 3.63) is 46.1 Å². The Labute approximate surface area is 198 Å². The predicted octanol–water partition coefficient (Wildman–Crippen LogP) is 3.30. The lowest BCUT2D eigenvalue weighted by molar-refractivity contribution is 0.00638. The van der Waals surface area contributed by atoms with Crippen LogP contribution in [0.25, 0.3) is 0 Å². The van der Waals surface area contributed by atoms with Crippen molar-refractivity contribution in [2.24, 2.45) is 0 Å². The van der Waals surface area contributed by atoms with Gasteiger partial charge in [0.05, 0.1) is 40.6 Å². The molecule has 2 aromatic rings. The molecule has 4 N–H and O–H groups in total. The number of amides is 1. The monoisotopic (exact) mass is 481 g/mol. The Morgan fingerprint density at radius 1 is 1.31 bits per heavy atom. The van der Waals surface area contributed by atoms with Gasteiger partial charge in [-0.1, -0.05) is 23.2 Å². The van der Waals surface area contributed by atoms with Gasteiger partial charge in [-0.25, -0.2) is 4.98 Å². The van der Waals surface area contributed by atoms with Crippen molar-refractivity contribution in [1.29, 1.82) is 0 Å². The quantitative estimate of drug-likeness (QED) is 0.372. The fraction of sp³-hybridized carbons (Fsp3) is 0.455. The second kappa shape index (κ2) is 11.6. The van der Waals surface area contributed by atoms with Crippen LogP contribution in [0.15, 0.2) is 30.5 Å². The maximum absolute atomic E-state index is 12.9. The van der Waals surface area contributed by atoms with Gasteiger partial charge in [0.25, 0.3) is 5.91 Å². The number of likely N-dealkylation sites (tertiary alicyclic amines) is 1. The molecule has 0 bridgehead atoms. The molecule has 0 radical (unpaired) electrons. The summed E-state index contributed by atoms with van der Waals surface area (Å²) in [5, 5.41) is 7.26. The largest absolute Gasteiger partial charge is 0.496 e. The van der Waals surface area contributed by atoms with Crippen molar-refractivity contribution in [1.82, 2.24) is 15.2 Å². The molecule has 0 aliphatic carbocycles. The number of ether oxygens (including phenoxy) is 2. The zero-order chi connectivity index (χ0) is 23.1. The number of nitrogen functional groups attached to an aromatic ring is 1. The van der Waals surface area contributed by atoms with E-state index in [4.69, 9.17) is 38.4 Å². The molecular formula is C22H29Cl2N5O3. The first-order valence-corrected chi connectivity index (χ1v) is 11.2. The molecule has 1 aliphatic heterocycles. The average Bonchev–Trinajstić information content (AvgIpc) is 2.79. The molecule has 32 heavy (non-hydrogen) atoms. The van der Waals surface area contributed by atoms with Gasteiger partial charge in [0.2, 0.25) is 0 Å². The predicted molar refractivity (Wildman–Crippen MR) is 128 cm³/mol. The third-order valence-electron chi connectivity index (χ3n) is 5.53. The van der Waals surface area contributed by atoms with Gasteiger partial charge in [0.15, 0.2) is 0 Å². The Morgan fingerprint density at radius 3 is 2.84 bits per heavy atom. The molecule has 0 saturated carbocycles. The highest BCUT2D eigenvalue weighted by Crippen LogP contribution is 2.29. The SMILES string of the molecule is COc1cc(N)c(Cl)cc1C(=O)N[C@H]1CCN(CCCNc2ncccc2Cl)C[C@H]1OC. The van der Waals surface area contributed by atoms with E-state index in [1.165, 1.54) is 13.2 Å². The number of rotatable bonds is 9. The number of aromatic nitrogens is 1. The molecule has 1 aliphatic rings. The van der Waals surface area contributed by atoms with Crippen LogP contribution in [-0.4, -0.2) is 68.3 Å². The Hall–Kier alpha value is -2.26. The number of piperidine rings is 1. The molecule has 1 saturated heterocycles. The molecule has 1 fully saturated rings. The van der Waals surface area contributed by atoms with Crippen LogP contribution in [0.1, 0.15) is 23.2 Å². The number of hydrogen-bond donors (Lipinski definition) is 3. The fourth-order valence-electron chi connectivity index (χ4n) is 3.77. The Bertz CT molecular complexity index is 930. The number of nitrogens with two attached hydrogens (primary N) is 1. The second-order valence-corrected chi connectivity index (χ2v) is 8.45. The first-order valence-electron chi connectivity index (χ1n) is 10.5. The van der Waals surface area contributed by atoms with Crippen LogP contribution in [0.5, 0.6) is 5.75 Å². The summed E-state index contributed by atoms with van der Waals surface area (Å²) in [6, 6.07) is 6.59. The molecule has 2 heterocycles. The molecule has 0 spiro atoms. The van der Waals surface area contributed by atoms with Gasteiger partial charge in [0, 0.05) is 39.0 Å². The maximum Gasteiger partial charge on any atom is 0.255 e. The molecule has 1 amide bonds.